The van der Waals surface area contributed by atoms with Crippen molar-refractivity contribution in [1.82, 2.24) is 0 Å². The number of amides is 1. The summed E-state index contributed by atoms with van der Waals surface area (Å²) in [6.07, 6.45) is 0. The molecule has 2 aromatic carbocycles. The number of benzene rings is 2. The quantitative estimate of drug-likeness (QED) is 0.674. The van der Waals surface area contributed by atoms with Crippen molar-refractivity contribution < 1.29 is 22.7 Å². The summed E-state index contributed by atoms with van der Waals surface area (Å²) < 4.78 is 39.6. The predicted octanol–water partition coefficient (Wildman–Crippen LogP) is 4.56. The zero-order valence-corrected chi connectivity index (χ0v) is 19.8. The smallest absolute Gasteiger partial charge is 0.265 e. The van der Waals surface area contributed by atoms with Crippen molar-refractivity contribution in [3.05, 3.63) is 41.4 Å². The molecule has 0 aromatic heterocycles. The molecule has 1 heterocycles. The second kappa shape index (κ2) is 8.59. The summed E-state index contributed by atoms with van der Waals surface area (Å²) >= 11 is 5.99. The minimum absolute atomic E-state index is 0.0306. The predicted molar refractivity (Wildman–Crippen MR) is 122 cm³/mol. The van der Waals surface area contributed by atoms with Gasteiger partial charge in [0, 0.05) is 17.6 Å². The molecule has 31 heavy (non-hydrogen) atoms. The van der Waals surface area contributed by atoms with Crippen LogP contribution in [0, 0.1) is 11.3 Å². The number of halogens is 1. The number of carbonyl (C=O) groups excluding carboxylic acids is 1. The maximum absolute atomic E-state index is 13.1. The minimum Gasteiger partial charge on any atom is -0.495 e. The number of anilines is 2. The number of methoxy groups -OCH3 is 1. The Morgan fingerprint density at radius 2 is 1.94 bits per heavy atom. The number of nitrogens with zero attached hydrogens (tertiary/aromatic N) is 1. The van der Waals surface area contributed by atoms with Gasteiger partial charge in [0.2, 0.25) is 5.91 Å². The van der Waals surface area contributed by atoms with E-state index < -0.39 is 15.4 Å². The number of rotatable bonds is 6. The lowest BCUT2D eigenvalue weighted by Gasteiger charge is -2.29. The van der Waals surface area contributed by atoms with Crippen molar-refractivity contribution in [3.63, 3.8) is 0 Å². The summed E-state index contributed by atoms with van der Waals surface area (Å²) in [7, 11) is -2.59. The highest BCUT2D eigenvalue weighted by Crippen LogP contribution is 2.39. The fourth-order valence-electron chi connectivity index (χ4n) is 3.33. The molecule has 0 fully saturated rings. The number of fused-ring (bicyclic) bond motifs is 1. The molecular weight excluding hydrogens is 440 g/mol. The number of hydrogen-bond acceptors (Lipinski definition) is 5. The number of sulfonamides is 1. The Kier molecular flexibility index (Phi) is 6.43. The third-order valence-corrected chi connectivity index (χ3v) is 6.52. The van der Waals surface area contributed by atoms with Gasteiger partial charge in [0.25, 0.3) is 10.0 Å². The average Bonchev–Trinajstić information content (AvgIpc) is 2.77. The lowest BCUT2D eigenvalue weighted by Crippen LogP contribution is -2.43. The number of nitrogens with one attached hydrogen (secondary N) is 1. The van der Waals surface area contributed by atoms with Crippen LogP contribution in [-0.2, 0) is 14.8 Å². The molecule has 1 aliphatic rings. The summed E-state index contributed by atoms with van der Waals surface area (Å²) in [5.41, 5.74) is 0.215. The minimum atomic E-state index is -3.98. The van der Waals surface area contributed by atoms with Crippen LogP contribution in [0.25, 0.3) is 0 Å². The lowest BCUT2D eigenvalue weighted by atomic mass is 9.92. The van der Waals surface area contributed by atoms with Crippen LogP contribution in [-0.4, -0.2) is 34.6 Å². The van der Waals surface area contributed by atoms with Gasteiger partial charge in [-0.3, -0.25) is 9.52 Å². The van der Waals surface area contributed by atoms with Crippen molar-refractivity contribution in [2.75, 3.05) is 29.9 Å². The second-order valence-electron chi connectivity index (χ2n) is 8.57. The van der Waals surface area contributed by atoms with Crippen LogP contribution in [0.5, 0.6) is 11.5 Å². The van der Waals surface area contributed by atoms with E-state index in [-0.39, 0.29) is 34.1 Å². The maximum Gasteiger partial charge on any atom is 0.265 e. The average molecular weight is 467 g/mol. The van der Waals surface area contributed by atoms with E-state index in [0.717, 1.165) is 0 Å². The molecule has 0 aliphatic carbocycles. The Morgan fingerprint density at radius 3 is 2.58 bits per heavy atom. The molecule has 0 atom stereocenters. The van der Waals surface area contributed by atoms with E-state index in [2.05, 4.69) is 4.72 Å². The van der Waals surface area contributed by atoms with E-state index in [4.69, 9.17) is 21.1 Å². The molecule has 1 aliphatic heterocycles. The number of ether oxygens (including phenoxy) is 2. The first-order valence-electron chi connectivity index (χ1n) is 9.90. The van der Waals surface area contributed by atoms with Crippen molar-refractivity contribution in [2.45, 2.75) is 32.6 Å². The number of carbonyl (C=O) groups is 1. The van der Waals surface area contributed by atoms with E-state index in [1.165, 1.54) is 19.2 Å². The monoisotopic (exact) mass is 466 g/mol. The van der Waals surface area contributed by atoms with Gasteiger partial charge >= 0.3 is 0 Å². The van der Waals surface area contributed by atoms with Gasteiger partial charge in [0.05, 0.1) is 23.9 Å². The molecule has 0 spiro atoms. The molecule has 0 unspecified atom stereocenters. The summed E-state index contributed by atoms with van der Waals surface area (Å²) in [4.78, 5) is 14.7. The zero-order chi connectivity index (χ0) is 23.0. The van der Waals surface area contributed by atoms with Gasteiger partial charge in [-0.25, -0.2) is 8.42 Å². The largest absolute Gasteiger partial charge is 0.495 e. The first kappa shape index (κ1) is 23.2. The molecule has 1 N–H and O–H groups in total. The Morgan fingerprint density at radius 1 is 1.23 bits per heavy atom. The highest BCUT2D eigenvalue weighted by atomic mass is 35.5. The highest BCUT2D eigenvalue weighted by molar-refractivity contribution is 7.92. The van der Waals surface area contributed by atoms with Crippen molar-refractivity contribution in [1.29, 1.82) is 0 Å². The summed E-state index contributed by atoms with van der Waals surface area (Å²) in [5.74, 6) is 0.840. The SMILES string of the molecule is COc1ccc(Cl)cc1S(=O)(=O)Nc1ccc2c(c1)OCC(C)(C)C(=O)N2CC(C)C. The van der Waals surface area contributed by atoms with Gasteiger partial charge in [0.15, 0.2) is 0 Å². The molecule has 7 nitrogen and oxygen atoms in total. The standard InChI is InChI=1S/C22H27ClN2O5S/c1-14(2)12-25-17-8-7-16(11-19(17)30-13-22(3,4)21(25)26)24-31(27,28)20-10-15(23)6-9-18(20)29-5/h6-11,14,24H,12-13H2,1-5H3. The Labute approximate surface area is 188 Å². The van der Waals surface area contributed by atoms with Crippen molar-refractivity contribution in [3.8, 4) is 11.5 Å². The van der Waals surface area contributed by atoms with Crippen LogP contribution in [0.3, 0.4) is 0 Å². The third kappa shape index (κ3) is 4.91. The van der Waals surface area contributed by atoms with Gasteiger partial charge in [-0.2, -0.15) is 0 Å². The second-order valence-corrected chi connectivity index (χ2v) is 10.7. The molecule has 168 valence electrons. The van der Waals surface area contributed by atoms with Crippen LogP contribution in [0.15, 0.2) is 41.3 Å². The van der Waals surface area contributed by atoms with Crippen molar-refractivity contribution in [2.24, 2.45) is 11.3 Å². The fourth-order valence-corrected chi connectivity index (χ4v) is 4.81. The molecule has 2 aromatic rings. The van der Waals surface area contributed by atoms with Crippen LogP contribution in [0.2, 0.25) is 5.02 Å². The molecule has 0 radical (unpaired) electrons. The molecule has 9 heteroatoms. The lowest BCUT2D eigenvalue weighted by molar-refractivity contribution is -0.127. The van der Waals surface area contributed by atoms with Crippen LogP contribution in [0.4, 0.5) is 11.4 Å². The molecule has 0 saturated carbocycles. The van der Waals surface area contributed by atoms with E-state index in [9.17, 15) is 13.2 Å². The van der Waals surface area contributed by atoms with Gasteiger partial charge in [-0.1, -0.05) is 25.4 Å². The van der Waals surface area contributed by atoms with Gasteiger partial charge in [-0.15, -0.1) is 0 Å². The Bertz CT molecular complexity index is 1100. The molecular formula is C22H27ClN2O5S. The van der Waals surface area contributed by atoms with Gasteiger partial charge in [-0.05, 0) is 50.1 Å². The van der Waals surface area contributed by atoms with E-state index >= 15 is 0 Å². The fraction of sp³-hybridized carbons (Fsp3) is 0.409. The summed E-state index contributed by atoms with van der Waals surface area (Å²) in [5, 5.41) is 0.275. The van der Waals surface area contributed by atoms with E-state index in [1.54, 1.807) is 29.2 Å². The first-order chi connectivity index (χ1) is 14.4. The molecule has 3 rings (SSSR count). The van der Waals surface area contributed by atoms with E-state index in [1.807, 2.05) is 27.7 Å². The normalized spacial score (nSPS) is 15.8. The number of hydrogen-bond donors (Lipinski definition) is 1. The Balaban J connectivity index is 1.99. The van der Waals surface area contributed by atoms with Crippen LogP contribution in [0.1, 0.15) is 27.7 Å². The maximum atomic E-state index is 13.1. The van der Waals surface area contributed by atoms with E-state index in [0.29, 0.717) is 23.7 Å². The van der Waals surface area contributed by atoms with Gasteiger partial charge < -0.3 is 14.4 Å². The first-order valence-corrected chi connectivity index (χ1v) is 11.8. The highest BCUT2D eigenvalue weighted by Gasteiger charge is 2.38. The van der Waals surface area contributed by atoms with Crippen molar-refractivity contribution >= 4 is 38.9 Å². The topological polar surface area (TPSA) is 84.9 Å². The Hall–Kier alpha value is -2.45. The zero-order valence-electron chi connectivity index (χ0n) is 18.2. The van der Waals surface area contributed by atoms with Crippen LogP contribution >= 0.6 is 11.6 Å². The summed E-state index contributed by atoms with van der Waals surface area (Å²) in [6.45, 7) is 8.46. The molecule has 0 saturated heterocycles. The molecule has 0 bridgehead atoms. The van der Waals surface area contributed by atoms with Crippen LogP contribution < -0.4 is 19.1 Å². The summed E-state index contributed by atoms with van der Waals surface area (Å²) in [6, 6.07) is 9.27. The van der Waals surface area contributed by atoms with Gasteiger partial charge in [0.1, 0.15) is 23.0 Å². The molecule has 1 amide bonds. The third-order valence-electron chi connectivity index (χ3n) is 4.88.